The molecule has 1 heterocycles. The van der Waals surface area contributed by atoms with Crippen LogP contribution in [0.5, 0.6) is 11.5 Å². The number of fused-ring (bicyclic) bond motifs is 1. The van der Waals surface area contributed by atoms with Crippen molar-refractivity contribution >= 4 is 19.7 Å². The second-order valence-electron chi connectivity index (χ2n) is 3.50. The van der Waals surface area contributed by atoms with Gasteiger partial charge in [0.2, 0.25) is 0 Å². The van der Waals surface area contributed by atoms with Gasteiger partial charge in [0.25, 0.3) is 9.05 Å². The molecule has 16 heavy (non-hydrogen) atoms. The van der Waals surface area contributed by atoms with Crippen LogP contribution in [0.4, 0.5) is 0 Å². The van der Waals surface area contributed by atoms with Gasteiger partial charge in [-0.15, -0.1) is 0 Å². The third-order valence-electron chi connectivity index (χ3n) is 2.38. The zero-order valence-electron chi connectivity index (χ0n) is 8.70. The maximum atomic E-state index is 11.3. The van der Waals surface area contributed by atoms with Crippen molar-refractivity contribution < 1.29 is 17.9 Å². The quantitative estimate of drug-likeness (QED) is 0.727. The first kappa shape index (κ1) is 11.5. The summed E-state index contributed by atoms with van der Waals surface area (Å²) in [6.07, 6.45) is 0.775. The molecule has 0 amide bonds. The molecule has 1 aliphatic rings. The molecule has 0 aromatic heterocycles. The Labute approximate surface area is 98.5 Å². The highest BCUT2D eigenvalue weighted by Gasteiger charge is 2.21. The Morgan fingerprint density at radius 3 is 2.62 bits per heavy atom. The molecule has 0 aliphatic carbocycles. The van der Waals surface area contributed by atoms with Crippen LogP contribution in [0.2, 0.25) is 0 Å². The maximum Gasteiger partial charge on any atom is 0.261 e. The first-order valence-electron chi connectivity index (χ1n) is 4.84. The van der Waals surface area contributed by atoms with Crippen LogP contribution >= 0.6 is 10.7 Å². The van der Waals surface area contributed by atoms with E-state index < -0.39 is 9.05 Å². The van der Waals surface area contributed by atoms with Gasteiger partial charge >= 0.3 is 0 Å². The second kappa shape index (κ2) is 4.14. The molecule has 0 saturated carbocycles. The molecule has 0 saturated heterocycles. The average Bonchev–Trinajstić information content (AvgIpc) is 2.41. The highest BCUT2D eigenvalue weighted by molar-refractivity contribution is 8.13. The fourth-order valence-electron chi connectivity index (χ4n) is 1.62. The van der Waals surface area contributed by atoms with E-state index in [1.165, 1.54) is 6.07 Å². The van der Waals surface area contributed by atoms with E-state index in [0.29, 0.717) is 30.3 Å². The predicted octanol–water partition coefficient (Wildman–Crippen LogP) is 2.08. The van der Waals surface area contributed by atoms with Gasteiger partial charge < -0.3 is 9.47 Å². The third-order valence-corrected chi connectivity index (χ3v) is 3.84. The van der Waals surface area contributed by atoms with Crippen LogP contribution in [0.15, 0.2) is 17.0 Å². The molecular formula is C10H11ClO4S. The van der Waals surface area contributed by atoms with Crippen molar-refractivity contribution in [2.45, 2.75) is 18.2 Å². The summed E-state index contributed by atoms with van der Waals surface area (Å²) in [5.74, 6) is 1.04. The lowest BCUT2D eigenvalue weighted by Crippen LogP contribution is -2.00. The zero-order valence-corrected chi connectivity index (χ0v) is 10.3. The number of rotatable bonds is 1. The van der Waals surface area contributed by atoms with Crippen LogP contribution in [-0.2, 0) is 9.05 Å². The fourth-order valence-corrected chi connectivity index (χ4v) is 2.81. The molecule has 2 rings (SSSR count). The second-order valence-corrected chi connectivity index (χ2v) is 6.04. The molecule has 0 radical (unpaired) electrons. The van der Waals surface area contributed by atoms with Crippen molar-refractivity contribution in [1.29, 1.82) is 0 Å². The van der Waals surface area contributed by atoms with Gasteiger partial charge in [-0.2, -0.15) is 0 Å². The van der Waals surface area contributed by atoms with Crippen molar-refractivity contribution in [3.8, 4) is 11.5 Å². The van der Waals surface area contributed by atoms with E-state index in [-0.39, 0.29) is 4.90 Å². The molecule has 0 unspecified atom stereocenters. The summed E-state index contributed by atoms with van der Waals surface area (Å²) in [6, 6.07) is 3.01. The lowest BCUT2D eigenvalue weighted by molar-refractivity contribution is 0.296. The van der Waals surface area contributed by atoms with Gasteiger partial charge in [0.1, 0.15) is 0 Å². The molecular weight excluding hydrogens is 252 g/mol. The molecule has 1 aromatic carbocycles. The van der Waals surface area contributed by atoms with Gasteiger partial charge in [-0.1, -0.05) is 0 Å². The summed E-state index contributed by atoms with van der Waals surface area (Å²) >= 11 is 0. The van der Waals surface area contributed by atoms with E-state index >= 15 is 0 Å². The Balaban J connectivity index is 2.59. The summed E-state index contributed by atoms with van der Waals surface area (Å²) in [5.41, 5.74) is 0.495. The SMILES string of the molecule is Cc1c(S(=O)(=O)Cl)ccc2c1OCCCO2. The van der Waals surface area contributed by atoms with Crippen molar-refractivity contribution in [2.24, 2.45) is 0 Å². The van der Waals surface area contributed by atoms with Gasteiger partial charge in [-0.25, -0.2) is 8.42 Å². The van der Waals surface area contributed by atoms with Crippen molar-refractivity contribution in [1.82, 2.24) is 0 Å². The van der Waals surface area contributed by atoms with E-state index in [0.717, 1.165) is 6.42 Å². The van der Waals surface area contributed by atoms with Crippen molar-refractivity contribution in [3.05, 3.63) is 17.7 Å². The summed E-state index contributed by atoms with van der Waals surface area (Å²) in [5, 5.41) is 0. The standard InChI is InChI=1S/C10H11ClO4S/c1-7-9(16(11,12)13)4-3-8-10(7)15-6-2-5-14-8/h3-4H,2,5-6H2,1H3. The number of benzene rings is 1. The molecule has 0 atom stereocenters. The Kier molecular flexibility index (Phi) is 2.99. The number of halogens is 1. The van der Waals surface area contributed by atoms with E-state index in [1.54, 1.807) is 13.0 Å². The zero-order chi connectivity index (χ0) is 11.8. The molecule has 1 aromatic rings. The molecule has 0 N–H and O–H groups in total. The van der Waals surface area contributed by atoms with Gasteiger partial charge in [-0.3, -0.25) is 0 Å². The normalized spacial score (nSPS) is 15.6. The maximum absolute atomic E-state index is 11.3. The monoisotopic (exact) mass is 262 g/mol. The molecule has 88 valence electrons. The first-order valence-corrected chi connectivity index (χ1v) is 7.15. The predicted molar refractivity (Wildman–Crippen MR) is 59.8 cm³/mol. The van der Waals surface area contributed by atoms with E-state index in [9.17, 15) is 8.42 Å². The first-order chi connectivity index (χ1) is 7.50. The minimum absolute atomic E-state index is 0.0680. The van der Waals surface area contributed by atoms with Gasteiger partial charge in [0, 0.05) is 22.7 Å². The van der Waals surface area contributed by atoms with Crippen LogP contribution in [0.3, 0.4) is 0 Å². The van der Waals surface area contributed by atoms with Crippen LogP contribution < -0.4 is 9.47 Å². The Bertz CT molecular complexity index is 510. The van der Waals surface area contributed by atoms with Gasteiger partial charge in [0.05, 0.1) is 18.1 Å². The number of hydrogen-bond donors (Lipinski definition) is 0. The number of ether oxygens (including phenoxy) is 2. The molecule has 0 fully saturated rings. The minimum atomic E-state index is -3.74. The summed E-state index contributed by atoms with van der Waals surface area (Å²) in [6.45, 7) is 2.74. The highest BCUT2D eigenvalue weighted by atomic mass is 35.7. The Morgan fingerprint density at radius 2 is 1.94 bits per heavy atom. The largest absolute Gasteiger partial charge is 0.490 e. The Hall–Kier alpha value is -0.940. The van der Waals surface area contributed by atoms with E-state index in [1.807, 2.05) is 0 Å². The smallest absolute Gasteiger partial charge is 0.261 e. The summed E-state index contributed by atoms with van der Waals surface area (Å²) < 4.78 is 33.5. The molecule has 6 heteroatoms. The topological polar surface area (TPSA) is 52.6 Å². The average molecular weight is 263 g/mol. The molecule has 0 spiro atoms. The minimum Gasteiger partial charge on any atom is -0.490 e. The summed E-state index contributed by atoms with van der Waals surface area (Å²) in [7, 11) is 1.58. The highest BCUT2D eigenvalue weighted by Crippen LogP contribution is 2.37. The Morgan fingerprint density at radius 1 is 1.25 bits per heavy atom. The third kappa shape index (κ3) is 2.10. The van der Waals surface area contributed by atoms with Crippen LogP contribution in [-0.4, -0.2) is 21.6 Å². The molecule has 1 aliphatic heterocycles. The summed E-state index contributed by atoms with van der Waals surface area (Å²) in [4.78, 5) is 0.0680. The lowest BCUT2D eigenvalue weighted by atomic mass is 10.2. The number of hydrogen-bond acceptors (Lipinski definition) is 4. The van der Waals surface area contributed by atoms with Crippen molar-refractivity contribution in [2.75, 3.05) is 13.2 Å². The fraction of sp³-hybridized carbons (Fsp3) is 0.400. The molecule has 4 nitrogen and oxygen atoms in total. The van der Waals surface area contributed by atoms with Crippen LogP contribution in [0.1, 0.15) is 12.0 Å². The van der Waals surface area contributed by atoms with Crippen molar-refractivity contribution in [3.63, 3.8) is 0 Å². The molecule has 0 bridgehead atoms. The van der Waals surface area contributed by atoms with Crippen LogP contribution in [0, 0.1) is 6.92 Å². The van der Waals surface area contributed by atoms with Gasteiger partial charge in [-0.05, 0) is 19.1 Å². The van der Waals surface area contributed by atoms with Crippen LogP contribution in [0.25, 0.3) is 0 Å². The van der Waals surface area contributed by atoms with E-state index in [2.05, 4.69) is 0 Å². The van der Waals surface area contributed by atoms with E-state index in [4.69, 9.17) is 20.2 Å². The van der Waals surface area contributed by atoms with Gasteiger partial charge in [0.15, 0.2) is 11.5 Å². The lowest BCUT2D eigenvalue weighted by Gasteiger charge is -2.12.